The number of para-hydroxylation sites is 1. The van der Waals surface area contributed by atoms with Gasteiger partial charge < -0.3 is 15.5 Å². The van der Waals surface area contributed by atoms with Crippen molar-refractivity contribution in [1.82, 2.24) is 4.98 Å². The number of rotatable bonds is 2. The molecular weight excluding hydrogens is 176 g/mol. The number of aromatic nitrogens is 1. The Kier molecular flexibility index (Phi) is 2.17. The largest absolute Gasteiger partial charge is 0.495 e. The number of ether oxygens (including phenoxy) is 1. The first-order chi connectivity index (χ1) is 6.72. The van der Waals surface area contributed by atoms with Gasteiger partial charge in [0.1, 0.15) is 5.75 Å². The Morgan fingerprint density at radius 3 is 2.86 bits per heavy atom. The lowest BCUT2D eigenvalue weighted by Gasteiger charge is -2.01. The number of nitrogens with one attached hydrogen (secondary N) is 1. The van der Waals surface area contributed by atoms with Crippen LogP contribution in [0.4, 0.5) is 0 Å². The van der Waals surface area contributed by atoms with Crippen molar-refractivity contribution in [2.24, 2.45) is 5.73 Å². The van der Waals surface area contributed by atoms with Crippen LogP contribution in [-0.4, -0.2) is 12.1 Å². The minimum absolute atomic E-state index is 0.0205. The molecule has 1 atom stereocenters. The quantitative estimate of drug-likeness (QED) is 0.762. The van der Waals surface area contributed by atoms with Crippen LogP contribution < -0.4 is 10.5 Å². The normalized spacial score (nSPS) is 13.1. The zero-order chi connectivity index (χ0) is 10.1. The van der Waals surface area contributed by atoms with E-state index in [4.69, 9.17) is 10.5 Å². The number of fused-ring (bicyclic) bond motifs is 1. The third-order valence-electron chi connectivity index (χ3n) is 2.35. The molecule has 3 nitrogen and oxygen atoms in total. The molecule has 3 N–H and O–H groups in total. The van der Waals surface area contributed by atoms with E-state index in [1.165, 1.54) is 0 Å². The van der Waals surface area contributed by atoms with E-state index in [9.17, 15) is 0 Å². The van der Waals surface area contributed by atoms with Gasteiger partial charge in [-0.25, -0.2) is 0 Å². The predicted molar refractivity (Wildman–Crippen MR) is 57.5 cm³/mol. The standard InChI is InChI=1S/C11H14N2O/c1-7(12)9-6-8-4-3-5-10(14-2)11(8)13-9/h3-7,13H,12H2,1-2H3/t7-/m1/s1. The molecule has 1 aromatic heterocycles. The molecule has 0 aliphatic carbocycles. The zero-order valence-corrected chi connectivity index (χ0v) is 8.37. The van der Waals surface area contributed by atoms with Crippen LogP contribution in [0.2, 0.25) is 0 Å². The minimum Gasteiger partial charge on any atom is -0.495 e. The maximum Gasteiger partial charge on any atom is 0.142 e. The summed E-state index contributed by atoms with van der Waals surface area (Å²) in [6, 6.07) is 8.03. The van der Waals surface area contributed by atoms with Gasteiger partial charge in [0.25, 0.3) is 0 Å². The maximum absolute atomic E-state index is 5.80. The lowest BCUT2D eigenvalue weighted by Crippen LogP contribution is -2.04. The Morgan fingerprint density at radius 1 is 1.43 bits per heavy atom. The summed E-state index contributed by atoms with van der Waals surface area (Å²) < 4.78 is 5.25. The van der Waals surface area contributed by atoms with Crippen LogP contribution in [0.1, 0.15) is 18.7 Å². The van der Waals surface area contributed by atoms with Gasteiger partial charge in [-0.1, -0.05) is 12.1 Å². The fourth-order valence-corrected chi connectivity index (χ4v) is 1.57. The molecule has 74 valence electrons. The Balaban J connectivity index is 2.64. The lowest BCUT2D eigenvalue weighted by atomic mass is 10.2. The third kappa shape index (κ3) is 1.36. The molecule has 0 aliphatic rings. The summed E-state index contributed by atoms with van der Waals surface area (Å²) in [6.07, 6.45) is 0. The first kappa shape index (κ1) is 9.09. The Hall–Kier alpha value is -1.48. The fourth-order valence-electron chi connectivity index (χ4n) is 1.57. The Labute approximate surface area is 82.9 Å². The number of hydrogen-bond donors (Lipinski definition) is 2. The van der Waals surface area contributed by atoms with Crippen molar-refractivity contribution < 1.29 is 4.74 Å². The summed E-state index contributed by atoms with van der Waals surface area (Å²) >= 11 is 0. The van der Waals surface area contributed by atoms with Gasteiger partial charge in [-0.3, -0.25) is 0 Å². The van der Waals surface area contributed by atoms with Crippen molar-refractivity contribution in [3.8, 4) is 5.75 Å². The predicted octanol–water partition coefficient (Wildman–Crippen LogP) is 2.20. The molecule has 0 radical (unpaired) electrons. The van der Waals surface area contributed by atoms with Crippen LogP contribution in [0.5, 0.6) is 5.75 Å². The van der Waals surface area contributed by atoms with E-state index in [0.29, 0.717) is 0 Å². The van der Waals surface area contributed by atoms with Gasteiger partial charge >= 0.3 is 0 Å². The molecule has 2 rings (SSSR count). The highest BCUT2D eigenvalue weighted by Crippen LogP contribution is 2.26. The maximum atomic E-state index is 5.80. The average Bonchev–Trinajstić information content (AvgIpc) is 2.60. The molecule has 3 heteroatoms. The highest BCUT2D eigenvalue weighted by molar-refractivity contribution is 5.86. The second-order valence-corrected chi connectivity index (χ2v) is 3.44. The van der Waals surface area contributed by atoms with E-state index >= 15 is 0 Å². The van der Waals surface area contributed by atoms with Crippen molar-refractivity contribution in [1.29, 1.82) is 0 Å². The monoisotopic (exact) mass is 190 g/mol. The highest BCUT2D eigenvalue weighted by Gasteiger charge is 2.07. The molecule has 0 fully saturated rings. The molecule has 0 amide bonds. The average molecular weight is 190 g/mol. The van der Waals surface area contributed by atoms with Crippen LogP contribution in [0.25, 0.3) is 10.9 Å². The lowest BCUT2D eigenvalue weighted by molar-refractivity contribution is 0.419. The Bertz CT molecular complexity index is 445. The van der Waals surface area contributed by atoms with Crippen LogP contribution in [0, 0.1) is 0 Å². The summed E-state index contributed by atoms with van der Waals surface area (Å²) in [5.74, 6) is 0.856. The van der Waals surface area contributed by atoms with Gasteiger partial charge in [0.2, 0.25) is 0 Å². The molecule has 0 bridgehead atoms. The van der Waals surface area contributed by atoms with Crippen molar-refractivity contribution in [3.05, 3.63) is 30.0 Å². The fraction of sp³-hybridized carbons (Fsp3) is 0.273. The van der Waals surface area contributed by atoms with E-state index in [1.54, 1.807) is 7.11 Å². The molecule has 2 aromatic rings. The van der Waals surface area contributed by atoms with E-state index in [1.807, 2.05) is 25.1 Å². The summed E-state index contributed by atoms with van der Waals surface area (Å²) in [5, 5.41) is 1.14. The van der Waals surface area contributed by atoms with E-state index in [2.05, 4.69) is 11.1 Å². The molecule has 14 heavy (non-hydrogen) atoms. The third-order valence-corrected chi connectivity index (χ3v) is 2.35. The van der Waals surface area contributed by atoms with E-state index in [-0.39, 0.29) is 6.04 Å². The number of aromatic amines is 1. The molecule has 1 heterocycles. The number of nitrogens with two attached hydrogens (primary N) is 1. The van der Waals surface area contributed by atoms with Crippen LogP contribution in [0.15, 0.2) is 24.3 Å². The minimum atomic E-state index is 0.0205. The summed E-state index contributed by atoms with van der Waals surface area (Å²) in [4.78, 5) is 3.26. The van der Waals surface area contributed by atoms with Gasteiger partial charge in [-0.05, 0) is 19.1 Å². The molecule has 0 saturated carbocycles. The van der Waals surface area contributed by atoms with Crippen LogP contribution in [0.3, 0.4) is 0 Å². The summed E-state index contributed by atoms with van der Waals surface area (Å²) in [5.41, 5.74) is 7.84. The molecule has 0 aliphatic heterocycles. The first-order valence-corrected chi connectivity index (χ1v) is 4.63. The van der Waals surface area contributed by atoms with Gasteiger partial charge in [-0.15, -0.1) is 0 Å². The molecular formula is C11H14N2O. The second kappa shape index (κ2) is 3.35. The second-order valence-electron chi connectivity index (χ2n) is 3.44. The number of H-pyrrole nitrogens is 1. The summed E-state index contributed by atoms with van der Waals surface area (Å²) in [6.45, 7) is 1.96. The molecule has 0 spiro atoms. The number of benzene rings is 1. The Morgan fingerprint density at radius 2 is 2.21 bits per heavy atom. The zero-order valence-electron chi connectivity index (χ0n) is 8.37. The van der Waals surface area contributed by atoms with Gasteiger partial charge in [0.05, 0.1) is 12.6 Å². The van der Waals surface area contributed by atoms with Crippen molar-refractivity contribution in [2.75, 3.05) is 7.11 Å². The van der Waals surface area contributed by atoms with Crippen molar-refractivity contribution >= 4 is 10.9 Å². The van der Waals surface area contributed by atoms with Gasteiger partial charge in [0.15, 0.2) is 0 Å². The molecule has 0 unspecified atom stereocenters. The number of methoxy groups -OCH3 is 1. The highest BCUT2D eigenvalue weighted by atomic mass is 16.5. The van der Waals surface area contributed by atoms with Crippen LogP contribution in [-0.2, 0) is 0 Å². The van der Waals surface area contributed by atoms with Gasteiger partial charge in [-0.2, -0.15) is 0 Å². The number of hydrogen-bond acceptors (Lipinski definition) is 2. The van der Waals surface area contributed by atoms with E-state index in [0.717, 1.165) is 22.3 Å². The molecule has 1 aromatic carbocycles. The SMILES string of the molecule is COc1cccc2cc([C@@H](C)N)[nH]c12. The topological polar surface area (TPSA) is 51.0 Å². The smallest absolute Gasteiger partial charge is 0.142 e. The first-order valence-electron chi connectivity index (χ1n) is 4.63. The summed E-state index contributed by atoms with van der Waals surface area (Å²) in [7, 11) is 1.67. The molecule has 0 saturated heterocycles. The van der Waals surface area contributed by atoms with Crippen molar-refractivity contribution in [2.45, 2.75) is 13.0 Å². The van der Waals surface area contributed by atoms with E-state index < -0.39 is 0 Å². The van der Waals surface area contributed by atoms with Crippen molar-refractivity contribution in [3.63, 3.8) is 0 Å². The van der Waals surface area contributed by atoms with Crippen LogP contribution >= 0.6 is 0 Å². The van der Waals surface area contributed by atoms with Gasteiger partial charge in [0, 0.05) is 17.1 Å².